The van der Waals surface area contributed by atoms with E-state index in [0.717, 1.165) is 4.70 Å². The van der Waals surface area contributed by atoms with E-state index < -0.39 is 0 Å². The van der Waals surface area contributed by atoms with E-state index in [2.05, 4.69) is 0 Å². The molecule has 0 spiro atoms. The minimum atomic E-state index is -0.197. The van der Waals surface area contributed by atoms with Gasteiger partial charge in [-0.2, -0.15) is 0 Å². The molecule has 2 rings (SSSR count). The molecule has 0 aliphatic carbocycles. The van der Waals surface area contributed by atoms with Crippen LogP contribution in [0, 0.1) is 0 Å². The molecule has 2 N–H and O–H groups in total. The third-order valence-electron chi connectivity index (χ3n) is 1.91. The molecule has 0 aliphatic heterocycles. The van der Waals surface area contributed by atoms with Crippen LogP contribution in [-0.2, 0) is 6.61 Å². The van der Waals surface area contributed by atoms with Crippen molar-refractivity contribution in [2.24, 2.45) is 0 Å². The minimum Gasteiger partial charge on any atom is -0.507 e. The zero-order chi connectivity index (χ0) is 9.42. The first kappa shape index (κ1) is 8.81. The van der Waals surface area contributed by atoms with Crippen LogP contribution in [0.25, 0.3) is 10.1 Å². The van der Waals surface area contributed by atoms with Crippen LogP contribution in [0.15, 0.2) is 17.5 Å². The molecule has 4 heteroatoms. The van der Waals surface area contributed by atoms with Crippen molar-refractivity contribution in [3.05, 3.63) is 28.1 Å². The number of benzene rings is 1. The smallest absolute Gasteiger partial charge is 0.129 e. The van der Waals surface area contributed by atoms with Crippen molar-refractivity contribution < 1.29 is 10.2 Å². The summed E-state index contributed by atoms with van der Waals surface area (Å²) >= 11 is 7.42. The summed E-state index contributed by atoms with van der Waals surface area (Å²) in [6, 6.07) is 3.39. The first-order valence-corrected chi connectivity index (χ1v) is 4.98. The fourth-order valence-corrected chi connectivity index (χ4v) is 2.43. The lowest BCUT2D eigenvalue weighted by Crippen LogP contribution is -1.84. The summed E-state index contributed by atoms with van der Waals surface area (Å²) < 4.78 is 0.858. The number of fused-ring (bicyclic) bond motifs is 1. The van der Waals surface area contributed by atoms with Crippen LogP contribution < -0.4 is 0 Å². The Labute approximate surface area is 84.0 Å². The van der Waals surface area contributed by atoms with Crippen molar-refractivity contribution >= 4 is 33.0 Å². The van der Waals surface area contributed by atoms with Gasteiger partial charge in [-0.25, -0.2) is 0 Å². The van der Waals surface area contributed by atoms with E-state index in [4.69, 9.17) is 16.7 Å². The van der Waals surface area contributed by atoms with E-state index in [1.807, 2.05) is 5.38 Å². The van der Waals surface area contributed by atoms with Crippen LogP contribution in [0.1, 0.15) is 5.56 Å². The summed E-state index contributed by atoms with van der Waals surface area (Å²) in [5.74, 6) is 0.128. The monoisotopic (exact) mass is 214 g/mol. The normalized spacial score (nSPS) is 10.9. The number of halogens is 1. The van der Waals surface area contributed by atoms with Gasteiger partial charge in [0.2, 0.25) is 0 Å². The highest BCUT2D eigenvalue weighted by atomic mass is 35.5. The van der Waals surface area contributed by atoms with Crippen molar-refractivity contribution in [2.75, 3.05) is 0 Å². The maximum absolute atomic E-state index is 9.65. The Balaban J connectivity index is 2.85. The van der Waals surface area contributed by atoms with E-state index in [1.165, 1.54) is 11.3 Å². The minimum absolute atomic E-state index is 0.128. The second kappa shape index (κ2) is 3.18. The van der Waals surface area contributed by atoms with Crippen molar-refractivity contribution in [1.82, 2.24) is 0 Å². The largest absolute Gasteiger partial charge is 0.507 e. The van der Waals surface area contributed by atoms with E-state index in [-0.39, 0.29) is 12.4 Å². The number of rotatable bonds is 1. The molecular weight excluding hydrogens is 208 g/mol. The summed E-state index contributed by atoms with van der Waals surface area (Å²) in [6.07, 6.45) is 0. The van der Waals surface area contributed by atoms with E-state index in [9.17, 15) is 5.11 Å². The van der Waals surface area contributed by atoms with Crippen LogP contribution in [0.5, 0.6) is 5.75 Å². The zero-order valence-corrected chi connectivity index (χ0v) is 8.19. The molecule has 0 atom stereocenters. The Morgan fingerprint density at radius 1 is 1.46 bits per heavy atom. The second-order valence-electron chi connectivity index (χ2n) is 2.69. The van der Waals surface area contributed by atoms with Crippen molar-refractivity contribution in [2.45, 2.75) is 6.61 Å². The zero-order valence-electron chi connectivity index (χ0n) is 6.62. The van der Waals surface area contributed by atoms with Gasteiger partial charge >= 0.3 is 0 Å². The molecule has 0 saturated heterocycles. The Morgan fingerprint density at radius 2 is 2.23 bits per heavy atom. The van der Waals surface area contributed by atoms with Gasteiger partial charge in [-0.1, -0.05) is 11.6 Å². The number of aliphatic hydroxyl groups is 1. The molecule has 0 amide bonds. The average Bonchev–Trinajstić information content (AvgIpc) is 2.60. The molecule has 13 heavy (non-hydrogen) atoms. The lowest BCUT2D eigenvalue weighted by molar-refractivity contribution is 0.276. The molecule has 1 aromatic carbocycles. The molecule has 68 valence electrons. The summed E-state index contributed by atoms with van der Waals surface area (Å²) in [6.45, 7) is -0.197. The van der Waals surface area contributed by atoms with E-state index in [0.29, 0.717) is 16.0 Å². The van der Waals surface area contributed by atoms with Gasteiger partial charge in [-0.3, -0.25) is 0 Å². The Hall–Kier alpha value is -0.770. The first-order chi connectivity index (χ1) is 6.24. The first-order valence-electron chi connectivity index (χ1n) is 3.72. The molecule has 1 aromatic heterocycles. The van der Waals surface area contributed by atoms with Gasteiger partial charge in [0, 0.05) is 10.9 Å². The molecule has 1 heterocycles. The standard InChI is InChI=1S/C9H7ClO2S/c10-7-3-5(4-11)8(12)6-1-2-13-9(6)7/h1-3,11-12H,4H2. The quantitative estimate of drug-likeness (QED) is 0.767. The van der Waals surface area contributed by atoms with E-state index in [1.54, 1.807) is 12.1 Å². The summed E-state index contributed by atoms with van der Waals surface area (Å²) in [5, 5.41) is 21.7. The molecule has 2 nitrogen and oxygen atoms in total. The number of hydrogen-bond donors (Lipinski definition) is 2. The molecular formula is C9H7ClO2S. The molecule has 0 saturated carbocycles. The highest BCUT2D eigenvalue weighted by Gasteiger charge is 2.10. The highest BCUT2D eigenvalue weighted by molar-refractivity contribution is 7.18. The van der Waals surface area contributed by atoms with Gasteiger partial charge < -0.3 is 10.2 Å². The van der Waals surface area contributed by atoms with Gasteiger partial charge in [0.1, 0.15) is 5.75 Å². The highest BCUT2D eigenvalue weighted by Crippen LogP contribution is 2.37. The predicted octanol–water partition coefficient (Wildman–Crippen LogP) is 2.75. The van der Waals surface area contributed by atoms with Crippen molar-refractivity contribution in [3.8, 4) is 5.75 Å². The third kappa shape index (κ3) is 1.29. The Morgan fingerprint density at radius 3 is 2.92 bits per heavy atom. The van der Waals surface area contributed by atoms with Crippen molar-refractivity contribution in [3.63, 3.8) is 0 Å². The fraction of sp³-hybridized carbons (Fsp3) is 0.111. The summed E-state index contributed by atoms with van der Waals surface area (Å²) in [5.41, 5.74) is 0.468. The maximum atomic E-state index is 9.65. The van der Waals surface area contributed by atoms with Gasteiger partial charge in [-0.15, -0.1) is 11.3 Å². The van der Waals surface area contributed by atoms with Gasteiger partial charge in [0.05, 0.1) is 16.3 Å². The number of aliphatic hydroxyl groups excluding tert-OH is 1. The maximum Gasteiger partial charge on any atom is 0.129 e. The lowest BCUT2D eigenvalue weighted by Gasteiger charge is -2.03. The van der Waals surface area contributed by atoms with Crippen LogP contribution in [0.4, 0.5) is 0 Å². The summed E-state index contributed by atoms with van der Waals surface area (Å²) in [7, 11) is 0. The second-order valence-corrected chi connectivity index (χ2v) is 4.01. The fourth-order valence-electron chi connectivity index (χ4n) is 1.26. The molecule has 0 fully saturated rings. The SMILES string of the molecule is OCc1cc(Cl)c2sccc2c1O. The number of phenols is 1. The molecule has 0 radical (unpaired) electrons. The Bertz CT molecular complexity index is 450. The predicted molar refractivity (Wildman–Crippen MR) is 54.4 cm³/mol. The molecule has 0 bridgehead atoms. The molecule has 0 aliphatic rings. The molecule has 0 unspecified atom stereocenters. The van der Waals surface area contributed by atoms with Crippen molar-refractivity contribution in [1.29, 1.82) is 0 Å². The van der Waals surface area contributed by atoms with Gasteiger partial charge in [-0.05, 0) is 17.5 Å². The van der Waals surface area contributed by atoms with Crippen LogP contribution >= 0.6 is 22.9 Å². The number of thiophene rings is 1. The molecule has 2 aromatic rings. The summed E-state index contributed by atoms with van der Waals surface area (Å²) in [4.78, 5) is 0. The van der Waals surface area contributed by atoms with Gasteiger partial charge in [0.25, 0.3) is 0 Å². The van der Waals surface area contributed by atoms with Crippen LogP contribution in [0.2, 0.25) is 5.02 Å². The van der Waals surface area contributed by atoms with Crippen LogP contribution in [-0.4, -0.2) is 10.2 Å². The van der Waals surface area contributed by atoms with E-state index >= 15 is 0 Å². The number of hydrogen-bond acceptors (Lipinski definition) is 3. The average molecular weight is 215 g/mol. The lowest BCUT2D eigenvalue weighted by atomic mass is 10.1. The van der Waals surface area contributed by atoms with Gasteiger partial charge in [0.15, 0.2) is 0 Å². The third-order valence-corrected chi connectivity index (χ3v) is 3.27. The Kier molecular flexibility index (Phi) is 2.15. The van der Waals surface area contributed by atoms with Crippen LogP contribution in [0.3, 0.4) is 0 Å². The topological polar surface area (TPSA) is 40.5 Å². The number of aromatic hydroxyl groups is 1.